The molecule has 5 nitrogen and oxygen atoms in total. The molecule has 110 valence electrons. The van der Waals surface area contributed by atoms with Crippen LogP contribution in [0.1, 0.15) is 5.56 Å². The Morgan fingerprint density at radius 1 is 1.05 bits per heavy atom. The van der Waals surface area contributed by atoms with Gasteiger partial charge in [0.05, 0.1) is 9.79 Å². The van der Waals surface area contributed by atoms with Crippen molar-refractivity contribution in [2.24, 2.45) is 5.73 Å². The van der Waals surface area contributed by atoms with Crippen molar-refractivity contribution in [3.63, 3.8) is 0 Å². The van der Waals surface area contributed by atoms with Crippen LogP contribution in [0.2, 0.25) is 0 Å². The lowest BCUT2D eigenvalue weighted by Gasteiger charge is -2.12. The van der Waals surface area contributed by atoms with Crippen molar-refractivity contribution in [2.45, 2.75) is 22.3 Å². The fraction of sp³-hybridized carbons (Fsp3) is 0.133. The average molecular weight is 305 g/mol. The van der Waals surface area contributed by atoms with Gasteiger partial charge < -0.3 is 10.8 Å². The van der Waals surface area contributed by atoms with Gasteiger partial charge in [0, 0.05) is 0 Å². The van der Waals surface area contributed by atoms with Crippen molar-refractivity contribution in [2.75, 3.05) is 0 Å². The van der Waals surface area contributed by atoms with Crippen LogP contribution in [-0.2, 0) is 21.1 Å². The molecule has 0 aliphatic carbocycles. The number of sulfone groups is 1. The third kappa shape index (κ3) is 3.29. The molecule has 0 unspecified atom stereocenters. The van der Waals surface area contributed by atoms with Gasteiger partial charge in [-0.3, -0.25) is 4.79 Å². The molecule has 6 heteroatoms. The van der Waals surface area contributed by atoms with Crippen LogP contribution in [0.3, 0.4) is 0 Å². The van der Waals surface area contributed by atoms with Crippen LogP contribution in [0.15, 0.2) is 64.4 Å². The predicted molar refractivity (Wildman–Crippen MR) is 77.7 cm³/mol. The lowest BCUT2D eigenvalue weighted by molar-refractivity contribution is -0.138. The topological polar surface area (TPSA) is 97.5 Å². The van der Waals surface area contributed by atoms with Gasteiger partial charge in [0.15, 0.2) is 0 Å². The van der Waals surface area contributed by atoms with E-state index in [1.807, 2.05) is 0 Å². The van der Waals surface area contributed by atoms with Gasteiger partial charge in [-0.15, -0.1) is 0 Å². The lowest BCUT2D eigenvalue weighted by Crippen LogP contribution is -2.32. The Morgan fingerprint density at radius 3 is 2.24 bits per heavy atom. The van der Waals surface area contributed by atoms with Crippen LogP contribution in [-0.4, -0.2) is 25.5 Å². The molecule has 0 aliphatic rings. The fourth-order valence-electron chi connectivity index (χ4n) is 1.99. The quantitative estimate of drug-likeness (QED) is 0.872. The number of carboxylic acids is 1. The second-order valence-electron chi connectivity index (χ2n) is 4.57. The number of hydrogen-bond acceptors (Lipinski definition) is 4. The van der Waals surface area contributed by atoms with Crippen LogP contribution < -0.4 is 5.73 Å². The Bertz CT molecular complexity index is 741. The molecule has 0 heterocycles. The van der Waals surface area contributed by atoms with Crippen LogP contribution in [0.4, 0.5) is 0 Å². The normalized spacial score (nSPS) is 12.8. The first-order chi connectivity index (χ1) is 9.93. The average Bonchev–Trinajstić information content (AvgIpc) is 2.48. The first-order valence-electron chi connectivity index (χ1n) is 6.29. The molecule has 0 aliphatic heterocycles. The molecular weight excluding hydrogens is 290 g/mol. The molecule has 0 aromatic heterocycles. The number of benzene rings is 2. The minimum absolute atomic E-state index is 0.0441. The standard InChI is InChI=1S/C15H15NO4S/c16-13(15(17)18)10-11-6-4-5-9-14(11)21(19,20)12-7-2-1-3-8-12/h1-9,13H,10,16H2,(H,17,18)/t13-/m0/s1. The molecule has 3 N–H and O–H groups in total. The van der Waals surface area contributed by atoms with Gasteiger partial charge in [0.2, 0.25) is 9.84 Å². The number of aliphatic carboxylic acids is 1. The third-order valence-corrected chi connectivity index (χ3v) is 4.94. The summed E-state index contributed by atoms with van der Waals surface area (Å²) >= 11 is 0. The summed E-state index contributed by atoms with van der Waals surface area (Å²) in [4.78, 5) is 11.1. The summed E-state index contributed by atoms with van der Waals surface area (Å²) in [5.41, 5.74) is 5.90. The molecular formula is C15H15NO4S. The van der Waals surface area contributed by atoms with Crippen LogP contribution in [0.25, 0.3) is 0 Å². The first-order valence-corrected chi connectivity index (χ1v) is 7.77. The second-order valence-corrected chi connectivity index (χ2v) is 6.49. The molecule has 0 fully saturated rings. The van der Waals surface area contributed by atoms with E-state index in [9.17, 15) is 13.2 Å². The van der Waals surface area contributed by atoms with Crippen molar-refractivity contribution < 1.29 is 18.3 Å². The van der Waals surface area contributed by atoms with Gasteiger partial charge >= 0.3 is 5.97 Å². The number of hydrogen-bond donors (Lipinski definition) is 2. The SMILES string of the molecule is N[C@@H](Cc1ccccc1S(=O)(=O)c1ccccc1)C(=O)O. The van der Waals surface area contributed by atoms with Crippen molar-refractivity contribution in [3.8, 4) is 0 Å². The molecule has 2 rings (SSSR count). The number of rotatable bonds is 5. The van der Waals surface area contributed by atoms with E-state index in [0.29, 0.717) is 5.56 Å². The zero-order chi connectivity index (χ0) is 15.5. The summed E-state index contributed by atoms with van der Waals surface area (Å²) in [6, 6.07) is 13.2. The predicted octanol–water partition coefficient (Wildman–Crippen LogP) is 1.47. The van der Waals surface area contributed by atoms with E-state index in [-0.39, 0.29) is 16.2 Å². The minimum atomic E-state index is -3.69. The van der Waals surface area contributed by atoms with Gasteiger partial charge in [-0.1, -0.05) is 36.4 Å². The van der Waals surface area contributed by atoms with Gasteiger partial charge in [-0.25, -0.2) is 8.42 Å². The molecule has 0 amide bonds. The van der Waals surface area contributed by atoms with Gasteiger partial charge in [-0.2, -0.15) is 0 Å². The van der Waals surface area contributed by atoms with Crippen LogP contribution in [0.5, 0.6) is 0 Å². The Labute approximate surface area is 123 Å². The summed E-state index contributed by atoms with van der Waals surface area (Å²) in [5.74, 6) is -1.16. The number of nitrogens with two attached hydrogens (primary N) is 1. The van der Waals surface area contributed by atoms with E-state index in [2.05, 4.69) is 0 Å². The number of carboxylic acid groups (broad SMARTS) is 1. The molecule has 0 spiro atoms. The molecule has 1 atom stereocenters. The van der Waals surface area contributed by atoms with Gasteiger partial charge in [0.1, 0.15) is 6.04 Å². The molecule has 0 radical (unpaired) electrons. The molecule has 2 aromatic carbocycles. The lowest BCUT2D eigenvalue weighted by atomic mass is 10.1. The van der Waals surface area contributed by atoms with E-state index in [1.54, 1.807) is 36.4 Å². The summed E-state index contributed by atoms with van der Waals surface area (Å²) in [7, 11) is -3.69. The Kier molecular flexibility index (Phi) is 4.40. The number of carbonyl (C=O) groups is 1. The summed E-state index contributed by atoms with van der Waals surface area (Å²) < 4.78 is 25.2. The third-order valence-electron chi connectivity index (χ3n) is 3.07. The van der Waals surface area contributed by atoms with Crippen LogP contribution in [0, 0.1) is 0 Å². The Balaban J connectivity index is 2.48. The Morgan fingerprint density at radius 2 is 1.62 bits per heavy atom. The first kappa shape index (κ1) is 15.2. The summed E-state index contributed by atoms with van der Waals surface area (Å²) in [6.07, 6.45) is -0.0441. The smallest absolute Gasteiger partial charge is 0.320 e. The van der Waals surface area contributed by atoms with Crippen molar-refractivity contribution in [1.82, 2.24) is 0 Å². The van der Waals surface area contributed by atoms with Gasteiger partial charge in [0.25, 0.3) is 0 Å². The highest BCUT2D eigenvalue weighted by Crippen LogP contribution is 2.24. The van der Waals surface area contributed by atoms with E-state index >= 15 is 0 Å². The van der Waals surface area contributed by atoms with E-state index in [4.69, 9.17) is 10.8 Å². The van der Waals surface area contributed by atoms with E-state index in [0.717, 1.165) is 0 Å². The molecule has 0 bridgehead atoms. The largest absolute Gasteiger partial charge is 0.480 e. The highest BCUT2D eigenvalue weighted by atomic mass is 32.2. The highest BCUT2D eigenvalue weighted by Gasteiger charge is 2.23. The zero-order valence-corrected chi connectivity index (χ0v) is 12.0. The van der Waals surface area contributed by atoms with Crippen LogP contribution >= 0.6 is 0 Å². The second kappa shape index (κ2) is 6.07. The maximum Gasteiger partial charge on any atom is 0.320 e. The van der Waals surface area contributed by atoms with E-state index < -0.39 is 21.8 Å². The maximum atomic E-state index is 12.6. The minimum Gasteiger partial charge on any atom is -0.480 e. The Hall–Kier alpha value is -2.18. The molecule has 21 heavy (non-hydrogen) atoms. The monoisotopic (exact) mass is 305 g/mol. The van der Waals surface area contributed by atoms with Gasteiger partial charge in [-0.05, 0) is 30.2 Å². The van der Waals surface area contributed by atoms with E-state index in [1.165, 1.54) is 18.2 Å². The summed E-state index contributed by atoms with van der Waals surface area (Å²) in [5, 5.41) is 8.88. The van der Waals surface area contributed by atoms with Crippen molar-refractivity contribution >= 4 is 15.8 Å². The maximum absolute atomic E-state index is 12.6. The summed E-state index contributed by atoms with van der Waals surface area (Å²) in [6.45, 7) is 0. The highest BCUT2D eigenvalue weighted by molar-refractivity contribution is 7.91. The molecule has 2 aromatic rings. The molecule has 0 saturated carbocycles. The van der Waals surface area contributed by atoms with Crippen molar-refractivity contribution in [1.29, 1.82) is 0 Å². The van der Waals surface area contributed by atoms with Crippen molar-refractivity contribution in [3.05, 3.63) is 60.2 Å². The fourth-order valence-corrected chi connectivity index (χ4v) is 3.51. The zero-order valence-electron chi connectivity index (χ0n) is 11.1. The molecule has 0 saturated heterocycles.